The third-order valence-electron chi connectivity index (χ3n) is 3.36. The summed E-state index contributed by atoms with van der Waals surface area (Å²) >= 11 is 0. The van der Waals surface area contributed by atoms with Crippen LogP contribution >= 0.6 is 12.4 Å². The second kappa shape index (κ2) is 8.21. The molecule has 20 heavy (non-hydrogen) atoms. The van der Waals surface area contributed by atoms with Crippen LogP contribution in [0.4, 0.5) is 0 Å². The molecule has 1 saturated heterocycles. The van der Waals surface area contributed by atoms with Crippen LogP contribution in [0.25, 0.3) is 0 Å². The summed E-state index contributed by atoms with van der Waals surface area (Å²) in [7, 11) is 1.64. The minimum Gasteiger partial charge on any atom is -0.391 e. The van der Waals surface area contributed by atoms with Gasteiger partial charge in [-0.3, -0.25) is 4.79 Å². The Morgan fingerprint density at radius 2 is 2.10 bits per heavy atom. The molecule has 6 heteroatoms. The lowest BCUT2D eigenvalue weighted by Gasteiger charge is -2.14. The molecule has 0 saturated carbocycles. The van der Waals surface area contributed by atoms with E-state index in [1.165, 1.54) is 0 Å². The maximum Gasteiger partial charge on any atom is 0.251 e. The number of benzene rings is 1. The number of carbonyl (C=O) groups excluding carboxylic acids is 1. The minimum absolute atomic E-state index is 0. The molecule has 1 aromatic rings. The highest BCUT2D eigenvalue weighted by Gasteiger charge is 2.25. The molecule has 2 atom stereocenters. The van der Waals surface area contributed by atoms with Gasteiger partial charge in [0.2, 0.25) is 0 Å². The number of amides is 1. The Morgan fingerprint density at radius 3 is 2.65 bits per heavy atom. The van der Waals surface area contributed by atoms with Crippen LogP contribution in [0.15, 0.2) is 24.3 Å². The van der Waals surface area contributed by atoms with Gasteiger partial charge in [0.25, 0.3) is 5.91 Å². The van der Waals surface area contributed by atoms with Gasteiger partial charge in [0.05, 0.1) is 12.7 Å². The van der Waals surface area contributed by atoms with Crippen LogP contribution in [0.1, 0.15) is 15.9 Å². The van der Waals surface area contributed by atoms with Crippen LogP contribution in [-0.2, 0) is 11.3 Å². The zero-order valence-electron chi connectivity index (χ0n) is 11.5. The van der Waals surface area contributed by atoms with E-state index in [4.69, 9.17) is 4.74 Å². The zero-order valence-corrected chi connectivity index (χ0v) is 12.3. The predicted octanol–water partition coefficient (Wildman–Crippen LogP) is 0.565. The van der Waals surface area contributed by atoms with Crippen molar-refractivity contribution in [2.24, 2.45) is 5.92 Å². The summed E-state index contributed by atoms with van der Waals surface area (Å²) in [6.45, 7) is 2.38. The maximum atomic E-state index is 11.9. The molecular formula is C14H21ClN2O3. The van der Waals surface area contributed by atoms with Crippen LogP contribution < -0.4 is 10.6 Å². The number of methoxy groups -OCH3 is 1. The lowest BCUT2D eigenvalue weighted by molar-refractivity contribution is 0.0927. The van der Waals surface area contributed by atoms with Gasteiger partial charge in [-0.2, -0.15) is 0 Å². The number of ether oxygens (including phenoxy) is 1. The number of carbonyl (C=O) groups is 1. The first kappa shape index (κ1) is 16.9. The maximum absolute atomic E-state index is 11.9. The Bertz CT molecular complexity index is 425. The third kappa shape index (κ3) is 4.45. The molecule has 0 bridgehead atoms. The van der Waals surface area contributed by atoms with Gasteiger partial charge in [0.1, 0.15) is 0 Å². The molecule has 2 rings (SSSR count). The van der Waals surface area contributed by atoms with Gasteiger partial charge in [-0.1, -0.05) is 12.1 Å². The molecule has 2 unspecified atom stereocenters. The summed E-state index contributed by atoms with van der Waals surface area (Å²) in [5.74, 6) is -0.0141. The Labute approximate surface area is 125 Å². The number of hydrogen-bond acceptors (Lipinski definition) is 4. The van der Waals surface area contributed by atoms with Gasteiger partial charge in [-0.15, -0.1) is 12.4 Å². The molecule has 5 nitrogen and oxygen atoms in total. The van der Waals surface area contributed by atoms with E-state index in [2.05, 4.69) is 10.6 Å². The normalized spacial score (nSPS) is 21.3. The van der Waals surface area contributed by atoms with E-state index in [1.807, 2.05) is 12.1 Å². The smallest absolute Gasteiger partial charge is 0.251 e. The van der Waals surface area contributed by atoms with Gasteiger partial charge in [0, 0.05) is 38.2 Å². The topological polar surface area (TPSA) is 70.6 Å². The fourth-order valence-corrected chi connectivity index (χ4v) is 2.17. The van der Waals surface area contributed by atoms with Crippen molar-refractivity contribution in [3.63, 3.8) is 0 Å². The highest BCUT2D eigenvalue weighted by Crippen LogP contribution is 2.09. The van der Waals surface area contributed by atoms with Crippen molar-refractivity contribution in [3.05, 3.63) is 35.4 Å². The van der Waals surface area contributed by atoms with E-state index in [0.717, 1.165) is 12.1 Å². The zero-order chi connectivity index (χ0) is 13.7. The molecule has 0 radical (unpaired) electrons. The molecule has 1 aliphatic rings. The molecule has 0 spiro atoms. The second-order valence-corrected chi connectivity index (χ2v) is 4.83. The Hall–Kier alpha value is -1.14. The highest BCUT2D eigenvalue weighted by atomic mass is 35.5. The largest absolute Gasteiger partial charge is 0.391 e. The van der Waals surface area contributed by atoms with Crippen LogP contribution in [0, 0.1) is 5.92 Å². The predicted molar refractivity (Wildman–Crippen MR) is 79.1 cm³/mol. The number of aliphatic hydroxyl groups is 1. The SMILES string of the molecule is COCc1ccc(C(=O)NCC2CNCC2O)cc1.Cl. The summed E-state index contributed by atoms with van der Waals surface area (Å²) in [5, 5.41) is 15.6. The molecule has 3 N–H and O–H groups in total. The first-order valence-corrected chi connectivity index (χ1v) is 6.45. The Kier molecular flexibility index (Phi) is 6.95. The fourth-order valence-electron chi connectivity index (χ4n) is 2.17. The molecule has 0 aromatic heterocycles. The first-order chi connectivity index (χ1) is 9.20. The summed E-state index contributed by atoms with van der Waals surface area (Å²) in [6.07, 6.45) is -0.371. The average molecular weight is 301 g/mol. The van der Waals surface area contributed by atoms with E-state index >= 15 is 0 Å². The van der Waals surface area contributed by atoms with Crippen LogP contribution in [0.5, 0.6) is 0 Å². The number of nitrogens with one attached hydrogen (secondary N) is 2. The number of hydrogen-bond donors (Lipinski definition) is 3. The molecule has 1 heterocycles. The lowest BCUT2D eigenvalue weighted by Crippen LogP contribution is -2.34. The van der Waals surface area contributed by atoms with Crippen LogP contribution in [0.2, 0.25) is 0 Å². The first-order valence-electron chi connectivity index (χ1n) is 6.45. The number of β-amino-alcohol motifs (C(OH)–C–C–N with tert-alkyl or cyclic N) is 1. The highest BCUT2D eigenvalue weighted by molar-refractivity contribution is 5.94. The van der Waals surface area contributed by atoms with Crippen molar-refractivity contribution >= 4 is 18.3 Å². The van der Waals surface area contributed by atoms with E-state index < -0.39 is 0 Å². The summed E-state index contributed by atoms with van der Waals surface area (Å²) in [4.78, 5) is 11.9. The monoisotopic (exact) mass is 300 g/mol. The molecular weight excluding hydrogens is 280 g/mol. The molecule has 0 aliphatic carbocycles. The summed E-state index contributed by atoms with van der Waals surface area (Å²) < 4.78 is 5.02. The average Bonchev–Trinajstić information content (AvgIpc) is 2.83. The Morgan fingerprint density at radius 1 is 1.40 bits per heavy atom. The molecule has 1 amide bonds. The van der Waals surface area contributed by atoms with Crippen molar-refractivity contribution in [2.45, 2.75) is 12.7 Å². The van der Waals surface area contributed by atoms with Gasteiger partial charge in [-0.05, 0) is 17.7 Å². The van der Waals surface area contributed by atoms with E-state index in [1.54, 1.807) is 19.2 Å². The quantitative estimate of drug-likeness (QED) is 0.743. The number of rotatable bonds is 5. The van der Waals surface area contributed by atoms with Crippen molar-refractivity contribution < 1.29 is 14.6 Å². The van der Waals surface area contributed by atoms with E-state index in [0.29, 0.717) is 25.3 Å². The third-order valence-corrected chi connectivity index (χ3v) is 3.36. The van der Waals surface area contributed by atoms with Crippen molar-refractivity contribution in [3.8, 4) is 0 Å². The van der Waals surface area contributed by atoms with Crippen LogP contribution in [-0.4, -0.2) is 43.9 Å². The second-order valence-electron chi connectivity index (χ2n) is 4.83. The van der Waals surface area contributed by atoms with Gasteiger partial charge < -0.3 is 20.5 Å². The fraction of sp³-hybridized carbons (Fsp3) is 0.500. The molecule has 1 aromatic carbocycles. The number of halogens is 1. The molecule has 112 valence electrons. The summed E-state index contributed by atoms with van der Waals surface area (Å²) in [5.41, 5.74) is 1.66. The van der Waals surface area contributed by atoms with Crippen molar-refractivity contribution in [1.82, 2.24) is 10.6 Å². The van der Waals surface area contributed by atoms with E-state index in [-0.39, 0.29) is 30.3 Å². The van der Waals surface area contributed by atoms with Gasteiger partial charge in [-0.25, -0.2) is 0 Å². The van der Waals surface area contributed by atoms with Gasteiger partial charge >= 0.3 is 0 Å². The van der Waals surface area contributed by atoms with Gasteiger partial charge in [0.15, 0.2) is 0 Å². The number of aliphatic hydroxyl groups excluding tert-OH is 1. The molecule has 1 aliphatic heterocycles. The minimum atomic E-state index is -0.371. The summed E-state index contributed by atoms with van der Waals surface area (Å²) in [6, 6.07) is 7.33. The standard InChI is InChI=1S/C14H20N2O3.ClH/c1-19-9-10-2-4-11(5-3-10)14(18)16-7-12-6-15-8-13(12)17;/h2-5,12-13,15,17H,6-9H2,1H3,(H,16,18);1H. The van der Waals surface area contributed by atoms with Crippen molar-refractivity contribution in [2.75, 3.05) is 26.7 Å². The van der Waals surface area contributed by atoms with Crippen LogP contribution in [0.3, 0.4) is 0 Å². The van der Waals surface area contributed by atoms with Crippen molar-refractivity contribution in [1.29, 1.82) is 0 Å². The van der Waals surface area contributed by atoms with E-state index in [9.17, 15) is 9.90 Å². The molecule has 1 fully saturated rings. The Balaban J connectivity index is 0.00000200. The lowest BCUT2D eigenvalue weighted by atomic mass is 10.1.